The highest BCUT2D eigenvalue weighted by Gasteiger charge is 2.64. The second kappa shape index (κ2) is 62.8. The minimum atomic E-state index is -3.49. The van der Waals surface area contributed by atoms with E-state index in [1.165, 1.54) is 154 Å². The monoisotopic (exact) mass is 1950 g/mol. The molecule has 0 aromatic heterocycles. The van der Waals surface area contributed by atoms with Crippen LogP contribution in [0.5, 0.6) is 0 Å². The van der Waals surface area contributed by atoms with Gasteiger partial charge in [0.2, 0.25) is 17.7 Å². The van der Waals surface area contributed by atoms with Gasteiger partial charge in [-0.3, -0.25) is 14.4 Å². The molecule has 42 heteroatoms. The minimum Gasteiger partial charge on any atom is -0.477 e. The molecule has 786 valence electrons. The van der Waals surface area contributed by atoms with Crippen LogP contribution in [0.2, 0.25) is 0 Å². The predicted molar refractivity (Wildman–Crippen MR) is 478 cm³/mol. The number of nitrogens with one attached hydrogen (secondary N) is 3. The molecule has 0 aromatic carbocycles. The fourth-order valence-corrected chi connectivity index (χ4v) is 18.6. The van der Waals surface area contributed by atoms with Gasteiger partial charge < -0.3 is 185 Å². The zero-order chi connectivity index (χ0) is 99.5. The van der Waals surface area contributed by atoms with Crippen LogP contribution in [0.4, 0.5) is 0 Å². The van der Waals surface area contributed by atoms with Crippen LogP contribution in [0.1, 0.15) is 285 Å². The minimum absolute atomic E-state index is 0.0989. The summed E-state index contributed by atoms with van der Waals surface area (Å²) in [6, 6.07) is -4.77. The molecule has 6 saturated heterocycles. The summed E-state index contributed by atoms with van der Waals surface area (Å²) in [5.74, 6) is -16.1. The van der Waals surface area contributed by atoms with Gasteiger partial charge in [0.1, 0.15) is 128 Å². The first kappa shape index (κ1) is 119. The van der Waals surface area contributed by atoms with Gasteiger partial charge in [0.05, 0.1) is 88.8 Å². The van der Waals surface area contributed by atoms with E-state index >= 15 is 0 Å². The number of ketones is 1. The maximum atomic E-state index is 14.1. The Labute approximate surface area is 791 Å². The summed E-state index contributed by atoms with van der Waals surface area (Å²) in [7, 11) is 0. The molecule has 6 rings (SSSR count). The fraction of sp³-hybridized carbons (Fsp3) is 0.914. The number of amides is 3. The van der Waals surface area contributed by atoms with E-state index in [1.807, 2.05) is 0 Å². The van der Waals surface area contributed by atoms with Crippen LogP contribution in [0.3, 0.4) is 0 Å². The lowest BCUT2D eigenvalue weighted by atomic mass is 9.86. The number of hydrogen-bond acceptors (Lipinski definition) is 37. The normalized spacial score (nSPS) is 33.8. The fourth-order valence-electron chi connectivity index (χ4n) is 18.6. The summed E-state index contributed by atoms with van der Waals surface area (Å²) < 4.78 is 72.9. The maximum Gasteiger partial charge on any atom is 0.364 e. The number of unbranched alkanes of at least 4 members (excludes halogenated alkanes) is 33. The Morgan fingerprint density at radius 3 is 1.16 bits per heavy atom. The zero-order valence-electron chi connectivity index (χ0n) is 79.4. The van der Waals surface area contributed by atoms with Gasteiger partial charge in [-0.2, -0.15) is 0 Å². The van der Waals surface area contributed by atoms with Crippen molar-refractivity contribution < 1.29 is 193 Å². The van der Waals surface area contributed by atoms with Gasteiger partial charge in [-0.1, -0.05) is 231 Å². The van der Waals surface area contributed by atoms with Crippen molar-refractivity contribution in [1.29, 1.82) is 0 Å². The number of Topliss-reactive ketones (excluding diaryl/α,β-unsaturated/α-hetero) is 1. The third kappa shape index (κ3) is 37.0. The Hall–Kier alpha value is -4.48. The second-order valence-electron chi connectivity index (χ2n) is 37.4. The summed E-state index contributed by atoms with van der Waals surface area (Å²) in [4.78, 5) is 79.9. The van der Waals surface area contributed by atoms with Gasteiger partial charge >= 0.3 is 11.9 Å². The zero-order valence-corrected chi connectivity index (χ0v) is 79.4. The van der Waals surface area contributed by atoms with Crippen LogP contribution in [-0.2, 0) is 85.6 Å². The molecule has 6 aliphatic rings. The Morgan fingerprint density at radius 2 is 0.763 bits per heavy atom. The van der Waals surface area contributed by atoms with Crippen molar-refractivity contribution in [3.8, 4) is 0 Å². The van der Waals surface area contributed by atoms with E-state index in [1.54, 1.807) is 6.08 Å². The van der Waals surface area contributed by atoms with Gasteiger partial charge in [0.25, 0.3) is 11.6 Å². The van der Waals surface area contributed by atoms with E-state index in [-0.39, 0.29) is 6.42 Å². The number of aliphatic hydroxyl groups is 19. The molecule has 0 bridgehead atoms. The van der Waals surface area contributed by atoms with Gasteiger partial charge in [-0.05, 0) is 26.2 Å². The summed E-state index contributed by atoms with van der Waals surface area (Å²) >= 11 is 0. The number of carboxylic acids is 2. The van der Waals surface area contributed by atoms with E-state index < -0.39 is 308 Å². The van der Waals surface area contributed by atoms with Crippen LogP contribution in [0.15, 0.2) is 12.2 Å². The van der Waals surface area contributed by atoms with Crippen molar-refractivity contribution in [2.45, 2.75) is 486 Å². The van der Waals surface area contributed by atoms with Crippen LogP contribution >= 0.6 is 0 Å². The van der Waals surface area contributed by atoms with Gasteiger partial charge in [0.15, 0.2) is 25.2 Å². The lowest BCUT2D eigenvalue weighted by Crippen LogP contribution is -2.71. The third-order valence-electron chi connectivity index (χ3n) is 26.4. The first-order chi connectivity index (χ1) is 64.6. The van der Waals surface area contributed by atoms with E-state index in [2.05, 4.69) is 29.8 Å². The molecule has 0 spiro atoms. The van der Waals surface area contributed by atoms with Crippen molar-refractivity contribution in [3.05, 3.63) is 12.2 Å². The smallest absolute Gasteiger partial charge is 0.364 e. The first-order valence-corrected chi connectivity index (χ1v) is 49.4. The van der Waals surface area contributed by atoms with Gasteiger partial charge in [0, 0.05) is 45.4 Å². The molecule has 6 heterocycles. The SMILES string of the molecule is CCCCCCCCCCCCCC=C[C@@H](O)[C@H](CO[C@@H]1O[C@H](CO)[C@@H](O[C@@H]2O[C@H](CO)[C@H](O[C@@H]3O[C@H](CO)[C@H](O)[C@H](O[C@@H]4O[C@H](CO)[C@H](O)[C@H](O[C@]5(C(=O)O)C[C@H](O)[C@@H](NC(C)=O)C([C@H](O)[C@H](O)CO)O5)[C@H]4O)[C@H]3CC(C)=O)[C@H](O[C@]3(C(=O)O)C[C@H](O)[C@@H](NC(C)=O)C([C@H](O)[C@H](O)CO)O3)[C@H]2O)[C@H](O)[C@H]1O)NC(=O)CCCCCCCCCCCCCCCCCCCCCCCCC. The molecular weight excluding hydrogens is 1780 g/mol. The van der Waals surface area contributed by atoms with Crippen LogP contribution < -0.4 is 16.0 Å². The van der Waals surface area contributed by atoms with Crippen molar-refractivity contribution in [1.82, 2.24) is 16.0 Å². The largest absolute Gasteiger partial charge is 0.477 e. The maximum absolute atomic E-state index is 14.1. The molecular formula is C93H165N3O39. The third-order valence-corrected chi connectivity index (χ3v) is 26.4. The number of carboxylic acid groups (broad SMARTS) is 2. The molecule has 6 aliphatic heterocycles. The average molecular weight is 1950 g/mol. The molecule has 0 saturated carbocycles. The standard InChI is InChI=1S/C93H165N3O39/c1-6-8-10-12-14-16-18-20-21-22-23-24-25-26-27-28-29-31-33-35-37-39-41-43-68(111)96-58(59(106)42-40-38-36-34-32-30-19-17-15-13-11-9-7-2)53-124-87-76(117)75(116)80(66(51-101)127-87)130-89-78(119)85(135-93(91(122)123)46-61(108)70(95-56(5)105)83(133-93)72(113)63(110)48-98)81(67(52-102)128-89)131-86-57(44-54(3)103)79(73(114)64(49-99)125-86)129-88-77(118)84(74(115)65(50-100)126-88)134-92(90(120)121)45-60(107)69(94-55(4)104)82(132-92)71(112)62(109)47-97/h40,42,57-67,69-89,97-102,106-110,112-119H,6-39,41,43-53H2,1-5H3,(H,94,104)(H,95,105)(H,96,111)(H,120,121)(H,122,123)/t57-,58+,59-,60+,61+,62-,63-,64-,65-,66-,67-,69-,70-,71-,72-,73+,74+,75-,76-,77-,78-,79-,80-,81+,82?,83?,84+,85-,86+,87-,88+,89+,92+,93+/m1/s1. The number of rotatable bonds is 68. The summed E-state index contributed by atoms with van der Waals surface area (Å²) in [6.07, 6.45) is -21.3. The van der Waals surface area contributed by atoms with Crippen LogP contribution in [0.25, 0.3) is 0 Å². The Kier molecular flexibility index (Phi) is 55.5. The highest BCUT2D eigenvalue weighted by Crippen LogP contribution is 2.45. The van der Waals surface area contributed by atoms with Crippen molar-refractivity contribution >= 4 is 35.4 Å². The summed E-state index contributed by atoms with van der Waals surface area (Å²) in [5.41, 5.74) is 0. The van der Waals surface area contributed by atoms with Crippen LogP contribution in [0, 0.1) is 5.92 Å². The van der Waals surface area contributed by atoms with Crippen molar-refractivity contribution in [2.24, 2.45) is 5.92 Å². The number of allylic oxidation sites excluding steroid dienone is 1. The molecule has 2 unspecified atom stereocenters. The van der Waals surface area contributed by atoms with Crippen molar-refractivity contribution in [3.63, 3.8) is 0 Å². The lowest BCUT2D eigenvalue weighted by molar-refractivity contribution is -0.408. The number of ether oxygens (including phenoxy) is 12. The van der Waals surface area contributed by atoms with E-state index in [4.69, 9.17) is 56.8 Å². The molecule has 0 aromatic rings. The molecule has 42 nitrogen and oxygen atoms in total. The Morgan fingerprint density at radius 1 is 0.407 bits per heavy atom. The number of hydrogen-bond donors (Lipinski definition) is 24. The highest BCUT2D eigenvalue weighted by atomic mass is 16.8. The number of carbonyl (C=O) groups is 6. The topological polar surface area (TPSA) is 674 Å². The number of aliphatic hydroxyl groups excluding tert-OH is 19. The molecule has 3 amide bonds. The Bertz CT molecular complexity index is 3350. The van der Waals surface area contributed by atoms with Crippen LogP contribution in [-0.4, -0.2) is 390 Å². The van der Waals surface area contributed by atoms with E-state index in [0.29, 0.717) is 12.8 Å². The molecule has 0 radical (unpaired) electrons. The quantitative estimate of drug-likeness (QED) is 0.0288. The highest BCUT2D eigenvalue weighted by molar-refractivity contribution is 5.78. The second-order valence-corrected chi connectivity index (χ2v) is 37.4. The number of carbonyl (C=O) groups excluding carboxylic acids is 4. The average Bonchev–Trinajstić information content (AvgIpc) is 0.746. The van der Waals surface area contributed by atoms with Crippen molar-refractivity contribution in [2.75, 3.05) is 46.2 Å². The lowest BCUT2D eigenvalue weighted by Gasteiger charge is -2.53. The van der Waals surface area contributed by atoms with Gasteiger partial charge in [-0.15, -0.1) is 0 Å². The summed E-state index contributed by atoms with van der Waals surface area (Å²) in [5, 5.41) is 246. The molecule has 24 N–H and O–H groups in total. The Balaban J connectivity index is 1.24. The van der Waals surface area contributed by atoms with E-state index in [0.717, 1.165) is 85.0 Å². The first-order valence-electron chi connectivity index (χ1n) is 49.4. The molecule has 34 atom stereocenters. The summed E-state index contributed by atoms with van der Waals surface area (Å²) in [6.45, 7) is -0.578. The number of aliphatic carboxylic acids is 2. The molecule has 135 heavy (non-hydrogen) atoms. The predicted octanol–water partition coefficient (Wildman–Crippen LogP) is 0.343. The molecule has 0 aliphatic carbocycles. The van der Waals surface area contributed by atoms with Gasteiger partial charge in [-0.25, -0.2) is 9.59 Å². The van der Waals surface area contributed by atoms with E-state index in [9.17, 15) is 136 Å². The molecule has 6 fully saturated rings.